The Bertz CT molecular complexity index is 633. The lowest BCUT2D eigenvalue weighted by Crippen LogP contribution is -2.33. The first kappa shape index (κ1) is 17.2. The van der Waals surface area contributed by atoms with Crippen LogP contribution in [0.1, 0.15) is 30.4 Å². The smallest absolute Gasteiger partial charge is 0.228 e. The summed E-state index contributed by atoms with van der Waals surface area (Å²) in [6, 6.07) is 3.79. The van der Waals surface area contributed by atoms with Crippen LogP contribution in [0.2, 0.25) is 5.02 Å². The van der Waals surface area contributed by atoms with Crippen molar-refractivity contribution in [2.24, 2.45) is 11.8 Å². The number of carbonyl (C=O) groups is 2. The molecule has 6 heteroatoms. The molecule has 1 aliphatic heterocycles. The Morgan fingerprint density at radius 1 is 1.25 bits per heavy atom. The van der Waals surface area contributed by atoms with Gasteiger partial charge in [-0.2, -0.15) is 0 Å². The van der Waals surface area contributed by atoms with Gasteiger partial charge in [-0.1, -0.05) is 17.7 Å². The van der Waals surface area contributed by atoms with E-state index in [2.05, 4.69) is 10.6 Å². The maximum Gasteiger partial charge on any atom is 0.228 e. The predicted octanol–water partition coefficient (Wildman–Crippen LogP) is 2.83. The van der Waals surface area contributed by atoms with Crippen LogP contribution in [0.3, 0.4) is 0 Å². The number of benzene rings is 1. The number of nitrogens with one attached hydrogen (secondary N) is 2. The lowest BCUT2D eigenvalue weighted by molar-refractivity contribution is -0.125. The quantitative estimate of drug-likeness (QED) is 0.858. The molecule has 1 aromatic carbocycles. The number of halogens is 1. The molecule has 1 aliphatic carbocycles. The van der Waals surface area contributed by atoms with Crippen molar-refractivity contribution >= 4 is 29.1 Å². The first-order valence-electron chi connectivity index (χ1n) is 8.42. The van der Waals surface area contributed by atoms with Crippen LogP contribution >= 0.6 is 11.6 Å². The molecule has 0 radical (unpaired) electrons. The highest BCUT2D eigenvalue weighted by Gasteiger charge is 2.48. The zero-order valence-electron chi connectivity index (χ0n) is 14.0. The Hall–Kier alpha value is -1.59. The molecule has 3 atom stereocenters. The third-order valence-electron chi connectivity index (χ3n) is 4.67. The normalized spacial score (nSPS) is 25.4. The molecule has 1 aromatic rings. The summed E-state index contributed by atoms with van der Waals surface area (Å²) < 4.78 is 5.48. The lowest BCUT2D eigenvalue weighted by atomic mass is 10.1. The zero-order valence-corrected chi connectivity index (χ0v) is 14.8. The van der Waals surface area contributed by atoms with Gasteiger partial charge in [-0.05, 0) is 50.3 Å². The van der Waals surface area contributed by atoms with Crippen molar-refractivity contribution in [1.29, 1.82) is 0 Å². The van der Waals surface area contributed by atoms with Crippen molar-refractivity contribution in [2.45, 2.75) is 39.2 Å². The Morgan fingerprint density at radius 2 is 2.00 bits per heavy atom. The fourth-order valence-corrected chi connectivity index (χ4v) is 3.58. The molecule has 0 aromatic heterocycles. The molecule has 2 N–H and O–H groups in total. The first-order valence-corrected chi connectivity index (χ1v) is 8.80. The van der Waals surface area contributed by atoms with E-state index in [0.29, 0.717) is 23.7 Å². The number of hydrogen-bond donors (Lipinski definition) is 2. The maximum atomic E-state index is 12.4. The average Bonchev–Trinajstić information content (AvgIpc) is 3.16. The summed E-state index contributed by atoms with van der Waals surface area (Å²) in [6.45, 7) is 5.17. The highest BCUT2D eigenvalue weighted by Crippen LogP contribution is 2.40. The first-order chi connectivity index (χ1) is 11.5. The van der Waals surface area contributed by atoms with E-state index in [1.807, 2.05) is 26.0 Å². The fourth-order valence-electron chi connectivity index (χ4n) is 3.22. The van der Waals surface area contributed by atoms with Crippen LogP contribution in [0.4, 0.5) is 5.69 Å². The Morgan fingerprint density at radius 3 is 2.67 bits per heavy atom. The van der Waals surface area contributed by atoms with Crippen molar-refractivity contribution in [3.63, 3.8) is 0 Å². The monoisotopic (exact) mass is 350 g/mol. The van der Waals surface area contributed by atoms with Gasteiger partial charge in [0.05, 0.1) is 28.6 Å². The molecule has 1 heterocycles. The number of aryl methyl sites for hydroxylation is 2. The molecule has 1 saturated heterocycles. The van der Waals surface area contributed by atoms with Crippen molar-refractivity contribution in [3.05, 3.63) is 28.3 Å². The molecule has 3 rings (SSSR count). The van der Waals surface area contributed by atoms with Crippen LogP contribution in [0.15, 0.2) is 12.1 Å². The van der Waals surface area contributed by atoms with Crippen molar-refractivity contribution in [1.82, 2.24) is 5.32 Å². The predicted molar refractivity (Wildman–Crippen MR) is 93.1 cm³/mol. The van der Waals surface area contributed by atoms with E-state index in [-0.39, 0.29) is 29.8 Å². The number of ether oxygens (including phenoxy) is 1. The molecule has 24 heavy (non-hydrogen) atoms. The molecule has 2 fully saturated rings. The van der Waals surface area contributed by atoms with E-state index in [4.69, 9.17) is 16.3 Å². The summed E-state index contributed by atoms with van der Waals surface area (Å²) in [7, 11) is 0. The number of anilines is 1. The van der Waals surface area contributed by atoms with Gasteiger partial charge in [0.1, 0.15) is 0 Å². The van der Waals surface area contributed by atoms with E-state index < -0.39 is 0 Å². The largest absolute Gasteiger partial charge is 0.376 e. The number of amides is 2. The van der Waals surface area contributed by atoms with Crippen LogP contribution in [-0.2, 0) is 14.3 Å². The SMILES string of the molecule is Cc1cc(C)c(NC(=O)C2CC2C(=O)NCC2CCCO2)c(Cl)c1. The van der Waals surface area contributed by atoms with Gasteiger partial charge in [0, 0.05) is 13.2 Å². The molecule has 0 bridgehead atoms. The zero-order chi connectivity index (χ0) is 17.3. The summed E-state index contributed by atoms with van der Waals surface area (Å²) in [6.07, 6.45) is 2.74. The molecule has 1 saturated carbocycles. The Kier molecular flexibility index (Phi) is 5.11. The third kappa shape index (κ3) is 3.90. The molecule has 3 unspecified atom stereocenters. The van der Waals surface area contributed by atoms with Gasteiger partial charge in [0.2, 0.25) is 11.8 Å². The molecule has 130 valence electrons. The summed E-state index contributed by atoms with van der Waals surface area (Å²) in [5.74, 6) is -0.708. The van der Waals surface area contributed by atoms with Crippen molar-refractivity contribution in [2.75, 3.05) is 18.5 Å². The van der Waals surface area contributed by atoms with Crippen LogP contribution in [0.5, 0.6) is 0 Å². The number of rotatable bonds is 5. The van der Waals surface area contributed by atoms with Gasteiger partial charge in [-0.3, -0.25) is 9.59 Å². The van der Waals surface area contributed by atoms with E-state index >= 15 is 0 Å². The number of hydrogen-bond acceptors (Lipinski definition) is 3. The van der Waals surface area contributed by atoms with Crippen LogP contribution < -0.4 is 10.6 Å². The van der Waals surface area contributed by atoms with E-state index in [9.17, 15) is 9.59 Å². The van der Waals surface area contributed by atoms with Gasteiger partial charge in [-0.25, -0.2) is 0 Å². The van der Waals surface area contributed by atoms with Gasteiger partial charge in [0.25, 0.3) is 0 Å². The number of carbonyl (C=O) groups excluding carboxylic acids is 2. The summed E-state index contributed by atoms with van der Waals surface area (Å²) >= 11 is 6.22. The lowest BCUT2D eigenvalue weighted by Gasteiger charge is -2.12. The van der Waals surface area contributed by atoms with Gasteiger partial charge >= 0.3 is 0 Å². The van der Waals surface area contributed by atoms with Crippen molar-refractivity contribution < 1.29 is 14.3 Å². The highest BCUT2D eigenvalue weighted by molar-refractivity contribution is 6.34. The minimum absolute atomic E-state index is 0.0580. The van der Waals surface area contributed by atoms with Crippen molar-refractivity contribution in [3.8, 4) is 0 Å². The topological polar surface area (TPSA) is 67.4 Å². The average molecular weight is 351 g/mol. The molecule has 0 spiro atoms. The van der Waals surface area contributed by atoms with E-state index in [1.165, 1.54) is 0 Å². The van der Waals surface area contributed by atoms with Gasteiger partial charge in [-0.15, -0.1) is 0 Å². The Labute approximate surface area is 147 Å². The second-order valence-electron chi connectivity index (χ2n) is 6.76. The summed E-state index contributed by atoms with van der Waals surface area (Å²) in [5.41, 5.74) is 2.61. The van der Waals surface area contributed by atoms with Gasteiger partial charge in [0.15, 0.2) is 0 Å². The maximum absolute atomic E-state index is 12.4. The van der Waals surface area contributed by atoms with Crippen LogP contribution in [0, 0.1) is 25.7 Å². The third-order valence-corrected chi connectivity index (χ3v) is 4.97. The molecular formula is C18H23ClN2O3. The Balaban J connectivity index is 1.51. The summed E-state index contributed by atoms with van der Waals surface area (Å²) in [4.78, 5) is 24.5. The molecular weight excluding hydrogens is 328 g/mol. The van der Waals surface area contributed by atoms with E-state index in [1.54, 1.807) is 0 Å². The highest BCUT2D eigenvalue weighted by atomic mass is 35.5. The second-order valence-corrected chi connectivity index (χ2v) is 7.16. The summed E-state index contributed by atoms with van der Waals surface area (Å²) in [5, 5.41) is 6.30. The minimum atomic E-state index is -0.272. The minimum Gasteiger partial charge on any atom is -0.376 e. The molecule has 2 aliphatic rings. The van der Waals surface area contributed by atoms with Crippen LogP contribution in [0.25, 0.3) is 0 Å². The molecule has 2 amide bonds. The van der Waals surface area contributed by atoms with Crippen LogP contribution in [-0.4, -0.2) is 31.1 Å². The van der Waals surface area contributed by atoms with Gasteiger partial charge < -0.3 is 15.4 Å². The fraction of sp³-hybridized carbons (Fsp3) is 0.556. The van der Waals surface area contributed by atoms with E-state index in [0.717, 1.165) is 30.6 Å². The standard InChI is InChI=1S/C18H23ClN2O3/c1-10-6-11(2)16(15(19)7-10)21-18(23)14-8-13(14)17(22)20-9-12-4-3-5-24-12/h6-7,12-14H,3-5,8-9H2,1-2H3,(H,20,22)(H,21,23). The molecule has 5 nitrogen and oxygen atoms in total. The second kappa shape index (κ2) is 7.11.